The Morgan fingerprint density at radius 1 is 1.44 bits per heavy atom. The first-order valence-electron chi connectivity index (χ1n) is 4.83. The minimum Gasteiger partial charge on any atom is -0.211 e. The molecule has 0 radical (unpaired) electrons. The Hall–Kier alpha value is -0.460. The van der Waals surface area contributed by atoms with Gasteiger partial charge in [0.1, 0.15) is 10.7 Å². The van der Waals surface area contributed by atoms with Crippen molar-refractivity contribution in [3.63, 3.8) is 0 Å². The van der Waals surface area contributed by atoms with Crippen LogP contribution in [0.2, 0.25) is 0 Å². The summed E-state index contributed by atoms with van der Waals surface area (Å²) >= 11 is 3.14. The quantitative estimate of drug-likeness (QED) is 0.929. The van der Waals surface area contributed by atoms with Gasteiger partial charge in [-0.25, -0.2) is 17.5 Å². The zero-order valence-electron chi connectivity index (χ0n) is 9.05. The summed E-state index contributed by atoms with van der Waals surface area (Å²) in [4.78, 5) is -0.304. The Bertz CT molecular complexity index is 488. The van der Waals surface area contributed by atoms with Gasteiger partial charge in [0.05, 0.1) is 0 Å². The van der Waals surface area contributed by atoms with Gasteiger partial charge in [-0.15, -0.1) is 0 Å². The van der Waals surface area contributed by atoms with Crippen LogP contribution in [-0.2, 0) is 10.0 Å². The fourth-order valence-electron chi connectivity index (χ4n) is 1.15. The molecule has 90 valence electrons. The highest BCUT2D eigenvalue weighted by Crippen LogP contribution is 2.23. The number of hydrogen-bond donors (Lipinski definition) is 1. The van der Waals surface area contributed by atoms with Crippen LogP contribution in [0.15, 0.2) is 21.5 Å². The SMILES string of the molecule is CCCNS(=O)(=O)c1cc(C)c(Br)cc1F. The van der Waals surface area contributed by atoms with E-state index in [0.29, 0.717) is 23.0 Å². The third kappa shape index (κ3) is 3.02. The molecule has 0 saturated carbocycles. The average Bonchev–Trinajstić information content (AvgIpc) is 2.20. The zero-order valence-corrected chi connectivity index (χ0v) is 11.5. The molecule has 3 nitrogen and oxygen atoms in total. The molecule has 1 aromatic carbocycles. The number of benzene rings is 1. The van der Waals surface area contributed by atoms with Crippen molar-refractivity contribution in [2.75, 3.05) is 6.54 Å². The largest absolute Gasteiger partial charge is 0.243 e. The van der Waals surface area contributed by atoms with E-state index in [1.807, 2.05) is 6.92 Å². The lowest BCUT2D eigenvalue weighted by Gasteiger charge is -2.08. The fourth-order valence-corrected chi connectivity index (χ4v) is 2.74. The van der Waals surface area contributed by atoms with Gasteiger partial charge in [-0.2, -0.15) is 0 Å². The summed E-state index contributed by atoms with van der Waals surface area (Å²) in [5.74, 6) is -0.749. The molecule has 0 bridgehead atoms. The fraction of sp³-hybridized carbons (Fsp3) is 0.400. The van der Waals surface area contributed by atoms with E-state index in [1.165, 1.54) is 6.07 Å². The van der Waals surface area contributed by atoms with E-state index in [2.05, 4.69) is 20.7 Å². The molecule has 0 aromatic heterocycles. The molecule has 0 heterocycles. The lowest BCUT2D eigenvalue weighted by atomic mass is 10.2. The number of rotatable bonds is 4. The molecular formula is C10H13BrFNO2S. The van der Waals surface area contributed by atoms with Crippen molar-refractivity contribution in [3.05, 3.63) is 28.0 Å². The molecule has 0 atom stereocenters. The second kappa shape index (κ2) is 5.25. The normalized spacial score (nSPS) is 11.8. The van der Waals surface area contributed by atoms with Crippen molar-refractivity contribution in [2.24, 2.45) is 0 Å². The first-order valence-corrected chi connectivity index (χ1v) is 7.11. The van der Waals surface area contributed by atoms with Gasteiger partial charge in [0, 0.05) is 11.0 Å². The van der Waals surface area contributed by atoms with Crippen LogP contribution >= 0.6 is 15.9 Å². The summed E-state index contributed by atoms with van der Waals surface area (Å²) in [5, 5.41) is 0. The average molecular weight is 310 g/mol. The molecule has 6 heteroatoms. The molecule has 0 amide bonds. The highest BCUT2D eigenvalue weighted by Gasteiger charge is 2.19. The molecule has 0 spiro atoms. The summed E-state index contributed by atoms with van der Waals surface area (Å²) in [7, 11) is -3.74. The molecule has 16 heavy (non-hydrogen) atoms. The predicted molar refractivity (Wildman–Crippen MR) is 64.3 cm³/mol. The second-order valence-corrected chi connectivity index (χ2v) is 6.02. The second-order valence-electron chi connectivity index (χ2n) is 3.43. The van der Waals surface area contributed by atoms with Gasteiger partial charge in [0.25, 0.3) is 0 Å². The van der Waals surface area contributed by atoms with Gasteiger partial charge < -0.3 is 0 Å². The third-order valence-corrected chi connectivity index (χ3v) is 4.38. The number of sulfonamides is 1. The predicted octanol–water partition coefficient (Wildman–Crippen LogP) is 2.58. The van der Waals surface area contributed by atoms with Crippen molar-refractivity contribution in [2.45, 2.75) is 25.2 Å². The first kappa shape index (κ1) is 13.6. The molecule has 1 aromatic rings. The summed E-state index contributed by atoms with van der Waals surface area (Å²) in [6.07, 6.45) is 0.663. The Morgan fingerprint density at radius 3 is 2.62 bits per heavy atom. The zero-order chi connectivity index (χ0) is 12.3. The van der Waals surface area contributed by atoms with Crippen molar-refractivity contribution in [1.29, 1.82) is 0 Å². The van der Waals surface area contributed by atoms with E-state index < -0.39 is 15.8 Å². The minimum atomic E-state index is -3.74. The smallest absolute Gasteiger partial charge is 0.211 e. The Balaban J connectivity index is 3.18. The topological polar surface area (TPSA) is 46.2 Å². The molecule has 1 N–H and O–H groups in total. The first-order chi connectivity index (χ1) is 7.38. The Kier molecular flexibility index (Phi) is 4.46. The van der Waals surface area contributed by atoms with Crippen LogP contribution in [0.4, 0.5) is 4.39 Å². The standard InChI is InChI=1S/C10H13BrFNO2S/c1-3-4-13-16(14,15)10-5-7(2)8(11)6-9(10)12/h5-6,13H,3-4H2,1-2H3. The van der Waals surface area contributed by atoms with Crippen molar-refractivity contribution in [3.8, 4) is 0 Å². The summed E-state index contributed by atoms with van der Waals surface area (Å²) in [6.45, 7) is 3.85. The molecule has 0 aliphatic heterocycles. The molecule has 0 aliphatic rings. The van der Waals surface area contributed by atoms with Gasteiger partial charge in [-0.3, -0.25) is 0 Å². The van der Waals surface area contributed by atoms with Crippen LogP contribution < -0.4 is 4.72 Å². The van der Waals surface area contributed by atoms with Gasteiger partial charge in [-0.05, 0) is 31.0 Å². The molecule has 0 unspecified atom stereocenters. The van der Waals surface area contributed by atoms with Crippen molar-refractivity contribution < 1.29 is 12.8 Å². The molecule has 1 rings (SSSR count). The summed E-state index contributed by atoms with van der Waals surface area (Å²) < 4.78 is 39.8. The lowest BCUT2D eigenvalue weighted by molar-refractivity contribution is 0.555. The van der Waals surface area contributed by atoms with E-state index in [4.69, 9.17) is 0 Å². The number of nitrogens with one attached hydrogen (secondary N) is 1. The maximum Gasteiger partial charge on any atom is 0.243 e. The number of aryl methyl sites for hydroxylation is 1. The number of halogens is 2. The van der Waals surface area contributed by atoms with Crippen LogP contribution in [0.25, 0.3) is 0 Å². The van der Waals surface area contributed by atoms with Crippen LogP contribution in [-0.4, -0.2) is 15.0 Å². The van der Waals surface area contributed by atoms with Gasteiger partial charge in [0.15, 0.2) is 0 Å². The van der Waals surface area contributed by atoms with Crippen molar-refractivity contribution in [1.82, 2.24) is 4.72 Å². The molecule has 0 fully saturated rings. The van der Waals surface area contributed by atoms with E-state index in [1.54, 1.807) is 6.92 Å². The van der Waals surface area contributed by atoms with Gasteiger partial charge in [-0.1, -0.05) is 22.9 Å². The maximum absolute atomic E-state index is 13.5. The van der Waals surface area contributed by atoms with E-state index in [9.17, 15) is 12.8 Å². The highest BCUT2D eigenvalue weighted by molar-refractivity contribution is 9.10. The molecule has 0 saturated heterocycles. The van der Waals surface area contributed by atoms with E-state index in [0.717, 1.165) is 6.07 Å². The lowest BCUT2D eigenvalue weighted by Crippen LogP contribution is -2.25. The Morgan fingerprint density at radius 2 is 2.06 bits per heavy atom. The number of hydrogen-bond acceptors (Lipinski definition) is 2. The Labute approximate surface area is 103 Å². The third-order valence-electron chi connectivity index (χ3n) is 2.04. The van der Waals surface area contributed by atoms with Crippen LogP contribution in [0.3, 0.4) is 0 Å². The van der Waals surface area contributed by atoms with Crippen LogP contribution in [0.5, 0.6) is 0 Å². The minimum absolute atomic E-state index is 0.302. The summed E-state index contributed by atoms with van der Waals surface area (Å²) in [5.41, 5.74) is 0.679. The van der Waals surface area contributed by atoms with Gasteiger partial charge >= 0.3 is 0 Å². The maximum atomic E-state index is 13.5. The van der Waals surface area contributed by atoms with Crippen LogP contribution in [0, 0.1) is 12.7 Å². The summed E-state index contributed by atoms with van der Waals surface area (Å²) in [6, 6.07) is 2.48. The molecular weight excluding hydrogens is 297 g/mol. The van der Waals surface area contributed by atoms with Crippen LogP contribution in [0.1, 0.15) is 18.9 Å². The van der Waals surface area contributed by atoms with Crippen molar-refractivity contribution >= 4 is 26.0 Å². The molecule has 0 aliphatic carbocycles. The highest BCUT2D eigenvalue weighted by atomic mass is 79.9. The van der Waals surface area contributed by atoms with E-state index in [-0.39, 0.29) is 4.90 Å². The van der Waals surface area contributed by atoms with E-state index >= 15 is 0 Å². The van der Waals surface area contributed by atoms with Gasteiger partial charge in [0.2, 0.25) is 10.0 Å². The monoisotopic (exact) mass is 309 g/mol.